The van der Waals surface area contributed by atoms with Crippen molar-refractivity contribution >= 4 is 5.96 Å². The maximum absolute atomic E-state index is 5.76. The number of hydrogen-bond acceptors (Lipinski definition) is 2. The highest BCUT2D eigenvalue weighted by Gasteiger charge is 2.12. The molecule has 0 aliphatic heterocycles. The van der Waals surface area contributed by atoms with Gasteiger partial charge in [0.05, 0.1) is 6.10 Å². The molecule has 5 heteroatoms. The van der Waals surface area contributed by atoms with Crippen LogP contribution in [0.3, 0.4) is 0 Å². The molecule has 0 saturated heterocycles. The molecule has 126 valence electrons. The molecule has 2 N–H and O–H groups in total. The number of nitrogens with zero attached hydrogens (tertiary/aromatic N) is 2. The normalized spacial score (nSPS) is 13.4. The Morgan fingerprint density at radius 3 is 2.50 bits per heavy atom. The minimum atomic E-state index is 0.288. The molecule has 0 aliphatic carbocycles. The van der Waals surface area contributed by atoms with Gasteiger partial charge >= 0.3 is 0 Å². The Balaban J connectivity index is 2.36. The zero-order valence-electron chi connectivity index (χ0n) is 14.5. The molecule has 0 aliphatic rings. The Kier molecular flexibility index (Phi) is 9.39. The van der Waals surface area contributed by atoms with Gasteiger partial charge in [-0.3, -0.25) is 4.99 Å². The smallest absolute Gasteiger partial charge is 0.191 e. The third kappa shape index (κ3) is 7.50. The molecule has 0 aromatic carbocycles. The van der Waals surface area contributed by atoms with E-state index >= 15 is 0 Å². The van der Waals surface area contributed by atoms with E-state index in [4.69, 9.17) is 4.74 Å². The van der Waals surface area contributed by atoms with Crippen LogP contribution in [0, 0.1) is 5.92 Å². The summed E-state index contributed by atoms with van der Waals surface area (Å²) in [5.74, 6) is 1.41. The summed E-state index contributed by atoms with van der Waals surface area (Å²) in [6.07, 6.45) is 5.39. The lowest BCUT2D eigenvalue weighted by Gasteiger charge is -2.20. The second kappa shape index (κ2) is 11.1. The van der Waals surface area contributed by atoms with Gasteiger partial charge in [0, 0.05) is 45.2 Å². The molecular weight excluding hydrogens is 276 g/mol. The van der Waals surface area contributed by atoms with Crippen LogP contribution in [-0.2, 0) is 11.3 Å². The Hall–Kier alpha value is -1.49. The van der Waals surface area contributed by atoms with Gasteiger partial charge in [0.25, 0.3) is 0 Å². The molecule has 0 fully saturated rings. The average Bonchev–Trinajstić information content (AvgIpc) is 2.99. The molecule has 1 atom stereocenters. The van der Waals surface area contributed by atoms with E-state index in [1.54, 1.807) is 0 Å². The first-order valence-electron chi connectivity index (χ1n) is 8.41. The molecule has 0 amide bonds. The minimum absolute atomic E-state index is 0.288. The molecule has 0 radical (unpaired) electrons. The predicted octanol–water partition coefficient (Wildman–Crippen LogP) is 2.49. The van der Waals surface area contributed by atoms with Crippen molar-refractivity contribution in [3.63, 3.8) is 0 Å². The van der Waals surface area contributed by atoms with Crippen molar-refractivity contribution in [1.29, 1.82) is 0 Å². The van der Waals surface area contributed by atoms with Crippen LogP contribution in [0.1, 0.15) is 34.1 Å². The van der Waals surface area contributed by atoms with Gasteiger partial charge in [-0.1, -0.05) is 13.8 Å². The molecule has 1 heterocycles. The van der Waals surface area contributed by atoms with Crippen molar-refractivity contribution in [3.05, 3.63) is 24.5 Å². The number of aromatic nitrogens is 1. The molecule has 1 aromatic heterocycles. The van der Waals surface area contributed by atoms with Crippen molar-refractivity contribution in [2.45, 2.75) is 46.8 Å². The van der Waals surface area contributed by atoms with Gasteiger partial charge in [0.15, 0.2) is 5.96 Å². The largest absolute Gasteiger partial charge is 0.378 e. The van der Waals surface area contributed by atoms with E-state index in [-0.39, 0.29) is 6.10 Å². The highest BCUT2D eigenvalue weighted by Crippen LogP contribution is 2.10. The maximum atomic E-state index is 5.76. The number of hydrogen-bond donors (Lipinski definition) is 2. The van der Waals surface area contributed by atoms with E-state index in [0.717, 1.165) is 45.2 Å². The molecule has 22 heavy (non-hydrogen) atoms. The molecule has 0 saturated carbocycles. The summed E-state index contributed by atoms with van der Waals surface area (Å²) in [5, 5.41) is 6.66. The molecule has 1 aromatic rings. The molecule has 1 unspecified atom stereocenters. The Morgan fingerprint density at radius 2 is 1.91 bits per heavy atom. The lowest BCUT2D eigenvalue weighted by Crippen LogP contribution is -2.39. The van der Waals surface area contributed by atoms with Gasteiger partial charge < -0.3 is 19.9 Å². The van der Waals surface area contributed by atoms with Crippen molar-refractivity contribution in [2.75, 3.05) is 26.2 Å². The van der Waals surface area contributed by atoms with E-state index in [9.17, 15) is 0 Å². The van der Waals surface area contributed by atoms with Crippen LogP contribution in [0.4, 0.5) is 0 Å². The lowest BCUT2D eigenvalue weighted by molar-refractivity contribution is 0.0266. The summed E-state index contributed by atoms with van der Waals surface area (Å²) >= 11 is 0. The summed E-state index contributed by atoms with van der Waals surface area (Å²) in [5.41, 5.74) is 0. The Morgan fingerprint density at radius 1 is 1.18 bits per heavy atom. The highest BCUT2D eigenvalue weighted by molar-refractivity contribution is 5.79. The van der Waals surface area contributed by atoms with Crippen molar-refractivity contribution in [3.8, 4) is 0 Å². The fourth-order valence-electron chi connectivity index (χ4n) is 2.29. The number of aliphatic imine (C=N–C) groups is 1. The van der Waals surface area contributed by atoms with E-state index in [1.165, 1.54) is 0 Å². The standard InChI is InChI=1S/C17H32N4O/c1-5-18-17(20-11-14-21-12-7-8-13-21)19-10-9-16(15(3)4)22-6-2/h7-8,12-13,15-16H,5-6,9-11,14H2,1-4H3,(H2,18,19,20). The maximum Gasteiger partial charge on any atom is 0.191 e. The predicted molar refractivity (Wildman–Crippen MR) is 93.3 cm³/mol. The second-order valence-electron chi connectivity index (χ2n) is 5.63. The molecule has 1 rings (SSSR count). The van der Waals surface area contributed by atoms with Gasteiger partial charge in [-0.25, -0.2) is 0 Å². The summed E-state index contributed by atoms with van der Waals surface area (Å²) in [6, 6.07) is 4.08. The van der Waals surface area contributed by atoms with E-state index in [2.05, 4.69) is 53.4 Å². The number of rotatable bonds is 10. The zero-order valence-corrected chi connectivity index (χ0v) is 14.5. The first-order valence-corrected chi connectivity index (χ1v) is 8.41. The number of ether oxygens (including phenoxy) is 1. The van der Waals surface area contributed by atoms with Gasteiger partial charge in [-0.05, 0) is 38.3 Å². The Bertz CT molecular complexity index is 401. The fraction of sp³-hybridized carbons (Fsp3) is 0.706. The fourth-order valence-corrected chi connectivity index (χ4v) is 2.29. The zero-order chi connectivity index (χ0) is 16.2. The van der Waals surface area contributed by atoms with Crippen LogP contribution in [0.5, 0.6) is 0 Å². The molecule has 0 bridgehead atoms. The summed E-state index contributed by atoms with van der Waals surface area (Å²) in [6.45, 7) is 12.7. The molecular formula is C17H32N4O. The number of guanidine groups is 1. The number of nitrogens with one attached hydrogen (secondary N) is 2. The van der Waals surface area contributed by atoms with Crippen molar-refractivity contribution < 1.29 is 4.74 Å². The van der Waals surface area contributed by atoms with Crippen molar-refractivity contribution in [2.24, 2.45) is 10.9 Å². The SMILES string of the molecule is CCNC(=NCCC(OCC)C(C)C)NCCn1cccc1. The van der Waals surface area contributed by atoms with Gasteiger partial charge in [-0.2, -0.15) is 0 Å². The summed E-state index contributed by atoms with van der Waals surface area (Å²) in [4.78, 5) is 4.64. The van der Waals surface area contributed by atoms with Crippen molar-refractivity contribution in [1.82, 2.24) is 15.2 Å². The second-order valence-corrected chi connectivity index (χ2v) is 5.63. The first kappa shape index (κ1) is 18.6. The van der Waals surface area contributed by atoms with Crippen LogP contribution < -0.4 is 10.6 Å². The summed E-state index contributed by atoms with van der Waals surface area (Å²) < 4.78 is 7.92. The first-order chi connectivity index (χ1) is 10.7. The molecule has 0 spiro atoms. The van der Waals surface area contributed by atoms with Gasteiger partial charge in [-0.15, -0.1) is 0 Å². The third-order valence-electron chi connectivity index (χ3n) is 3.48. The van der Waals surface area contributed by atoms with E-state index in [1.807, 2.05) is 19.1 Å². The van der Waals surface area contributed by atoms with E-state index < -0.39 is 0 Å². The highest BCUT2D eigenvalue weighted by atomic mass is 16.5. The third-order valence-corrected chi connectivity index (χ3v) is 3.48. The van der Waals surface area contributed by atoms with Gasteiger partial charge in [0.2, 0.25) is 0 Å². The van der Waals surface area contributed by atoms with Crippen LogP contribution >= 0.6 is 0 Å². The lowest BCUT2D eigenvalue weighted by atomic mass is 10.0. The van der Waals surface area contributed by atoms with Crippen LogP contribution in [0.25, 0.3) is 0 Å². The Labute approximate surface area is 135 Å². The molecule has 5 nitrogen and oxygen atoms in total. The monoisotopic (exact) mass is 308 g/mol. The average molecular weight is 308 g/mol. The summed E-state index contributed by atoms with van der Waals surface area (Å²) in [7, 11) is 0. The van der Waals surface area contributed by atoms with Crippen LogP contribution in [0.2, 0.25) is 0 Å². The minimum Gasteiger partial charge on any atom is -0.378 e. The van der Waals surface area contributed by atoms with Crippen LogP contribution in [-0.4, -0.2) is 42.9 Å². The van der Waals surface area contributed by atoms with Gasteiger partial charge in [0.1, 0.15) is 0 Å². The van der Waals surface area contributed by atoms with Crippen LogP contribution in [0.15, 0.2) is 29.5 Å². The van der Waals surface area contributed by atoms with E-state index in [0.29, 0.717) is 5.92 Å². The quantitative estimate of drug-likeness (QED) is 0.516. The topological polar surface area (TPSA) is 50.6 Å².